The van der Waals surface area contributed by atoms with Crippen LogP contribution >= 0.6 is 0 Å². The molecule has 1 spiro atoms. The number of epoxide rings is 1. The van der Waals surface area contributed by atoms with E-state index in [1.54, 1.807) is 13.0 Å². The number of hydrogen-bond donors (Lipinski definition) is 2. The van der Waals surface area contributed by atoms with Gasteiger partial charge in [-0.05, 0) is 52.0 Å². The van der Waals surface area contributed by atoms with Crippen molar-refractivity contribution in [1.82, 2.24) is 10.6 Å². The molecule has 0 saturated carbocycles. The van der Waals surface area contributed by atoms with Crippen LogP contribution in [-0.2, 0) is 33.3 Å². The highest BCUT2D eigenvalue weighted by Gasteiger charge is 2.51. The normalized spacial score (nSPS) is 33.2. The van der Waals surface area contributed by atoms with Crippen molar-refractivity contribution >= 4 is 17.8 Å². The zero-order valence-corrected chi connectivity index (χ0v) is 24.9. The number of carbonyl (C=O) groups is 3. The molecule has 40 heavy (non-hydrogen) atoms. The second-order valence-electron chi connectivity index (χ2n) is 11.7. The Morgan fingerprint density at radius 2 is 1.88 bits per heavy atom. The van der Waals surface area contributed by atoms with Gasteiger partial charge in [0.2, 0.25) is 11.8 Å². The van der Waals surface area contributed by atoms with E-state index in [1.807, 2.05) is 13.8 Å². The molecule has 0 aromatic carbocycles. The fourth-order valence-corrected chi connectivity index (χ4v) is 5.42. The van der Waals surface area contributed by atoms with E-state index < -0.39 is 6.10 Å². The fourth-order valence-electron chi connectivity index (χ4n) is 5.42. The first kappa shape index (κ1) is 32.0. The smallest absolute Gasteiger partial charge is 0.303 e. The van der Waals surface area contributed by atoms with Crippen LogP contribution in [0.3, 0.4) is 0 Å². The molecule has 9 heteroatoms. The van der Waals surface area contributed by atoms with E-state index in [9.17, 15) is 14.4 Å². The Kier molecular flexibility index (Phi) is 12.0. The molecule has 0 aromatic heterocycles. The summed E-state index contributed by atoms with van der Waals surface area (Å²) in [7, 11) is 0. The molecule has 0 aliphatic carbocycles. The second kappa shape index (κ2) is 14.9. The van der Waals surface area contributed by atoms with Crippen molar-refractivity contribution in [3.63, 3.8) is 0 Å². The van der Waals surface area contributed by atoms with E-state index in [0.717, 1.165) is 44.3 Å². The maximum absolute atomic E-state index is 12.4. The highest BCUT2D eigenvalue weighted by atomic mass is 16.6. The van der Waals surface area contributed by atoms with Gasteiger partial charge in [0.25, 0.3) is 0 Å². The first-order chi connectivity index (χ1) is 19.0. The lowest BCUT2D eigenvalue weighted by Crippen LogP contribution is -2.50. The second-order valence-corrected chi connectivity index (χ2v) is 11.7. The first-order valence-electron chi connectivity index (χ1n) is 14.7. The van der Waals surface area contributed by atoms with Crippen molar-refractivity contribution in [2.45, 2.75) is 122 Å². The molecule has 1 unspecified atom stereocenters. The van der Waals surface area contributed by atoms with E-state index in [4.69, 9.17) is 18.9 Å². The molecule has 9 nitrogen and oxygen atoms in total. The van der Waals surface area contributed by atoms with Crippen LogP contribution in [0, 0.1) is 5.92 Å². The van der Waals surface area contributed by atoms with Gasteiger partial charge < -0.3 is 29.6 Å². The van der Waals surface area contributed by atoms with Gasteiger partial charge >= 0.3 is 5.97 Å². The molecule has 0 bridgehead atoms. The lowest BCUT2D eigenvalue weighted by Gasteiger charge is -2.39. The van der Waals surface area contributed by atoms with Crippen molar-refractivity contribution in [2.24, 2.45) is 5.92 Å². The van der Waals surface area contributed by atoms with Crippen LogP contribution in [-0.4, -0.2) is 73.1 Å². The quantitative estimate of drug-likeness (QED) is 0.161. The Morgan fingerprint density at radius 1 is 1.12 bits per heavy atom. The summed E-state index contributed by atoms with van der Waals surface area (Å²) in [4.78, 5) is 35.6. The van der Waals surface area contributed by atoms with E-state index in [0.29, 0.717) is 13.0 Å². The summed E-state index contributed by atoms with van der Waals surface area (Å²) in [6, 6.07) is -0.0881. The van der Waals surface area contributed by atoms with Gasteiger partial charge in [-0.15, -0.1) is 0 Å². The van der Waals surface area contributed by atoms with Gasteiger partial charge in [-0.3, -0.25) is 14.4 Å². The molecule has 224 valence electrons. The number of carbonyl (C=O) groups excluding carboxylic acids is 3. The third kappa shape index (κ3) is 10.5. The maximum Gasteiger partial charge on any atom is 0.303 e. The van der Waals surface area contributed by atoms with E-state index in [1.165, 1.54) is 13.0 Å². The number of esters is 1. The van der Waals surface area contributed by atoms with Crippen molar-refractivity contribution in [2.75, 3.05) is 13.2 Å². The molecule has 3 fully saturated rings. The SMILES string of the molecule is CCCNC(=O)C[C@@H]1C[C@@]2(CO2)C[C@@H](/C=C/C(C)=C/C[C@@H]2O[C@H](C)[C@H](NC(=O)C=CC(C)OC(C)=O)C[C@@H]2C)O1. The fraction of sp³-hybridized carbons (Fsp3) is 0.710. The summed E-state index contributed by atoms with van der Waals surface area (Å²) >= 11 is 0. The lowest BCUT2D eigenvalue weighted by molar-refractivity contribution is -0.143. The molecule has 2 N–H and O–H groups in total. The number of nitrogens with one attached hydrogen (secondary N) is 2. The van der Waals surface area contributed by atoms with Gasteiger partial charge in [0.1, 0.15) is 6.10 Å². The van der Waals surface area contributed by atoms with Crippen molar-refractivity contribution < 1.29 is 33.3 Å². The molecular formula is C31H48N2O7. The Labute approximate surface area is 239 Å². The summed E-state index contributed by atoms with van der Waals surface area (Å²) in [5.41, 5.74) is 0.993. The van der Waals surface area contributed by atoms with Crippen LogP contribution in [0.15, 0.2) is 36.0 Å². The Balaban J connectivity index is 1.46. The lowest BCUT2D eigenvalue weighted by atomic mass is 9.88. The average molecular weight is 561 g/mol. The van der Waals surface area contributed by atoms with Crippen molar-refractivity contribution in [1.29, 1.82) is 0 Å². The third-order valence-corrected chi connectivity index (χ3v) is 7.74. The first-order valence-corrected chi connectivity index (χ1v) is 14.7. The number of ether oxygens (including phenoxy) is 4. The summed E-state index contributed by atoms with van der Waals surface area (Å²) < 4.78 is 23.3. The van der Waals surface area contributed by atoms with Crippen molar-refractivity contribution in [3.05, 3.63) is 36.0 Å². The van der Waals surface area contributed by atoms with Crippen LogP contribution in [0.4, 0.5) is 0 Å². The van der Waals surface area contributed by atoms with Gasteiger partial charge in [-0.1, -0.05) is 37.6 Å². The Morgan fingerprint density at radius 3 is 2.55 bits per heavy atom. The number of hydrogen-bond acceptors (Lipinski definition) is 7. The largest absolute Gasteiger partial charge is 0.459 e. The third-order valence-electron chi connectivity index (χ3n) is 7.74. The molecule has 2 amide bonds. The molecule has 0 aromatic rings. The minimum atomic E-state index is -0.457. The predicted molar refractivity (Wildman–Crippen MR) is 152 cm³/mol. The standard InChI is InChI=1S/C31H48N2O7/c1-7-14-32-30(36)16-26-18-31(19-37-31)17-25(40-26)11-8-20(2)9-12-28-21(3)15-27(23(5)39-28)33-29(35)13-10-22(4)38-24(6)34/h8-11,13,21-23,25-28H,7,12,14-19H2,1-6H3,(H,32,36)(H,33,35)/b11-8+,13-10?,20-9+/t21-,22?,23+,25+,26+,27+,28-,31+/m0/s1. The summed E-state index contributed by atoms with van der Waals surface area (Å²) in [5.74, 6) is -0.302. The molecule has 3 saturated heterocycles. The van der Waals surface area contributed by atoms with Crippen LogP contribution < -0.4 is 10.6 Å². The summed E-state index contributed by atoms with van der Waals surface area (Å²) in [6.45, 7) is 12.7. The zero-order chi connectivity index (χ0) is 29.3. The highest BCUT2D eigenvalue weighted by molar-refractivity contribution is 5.87. The van der Waals surface area contributed by atoms with Crippen LogP contribution in [0.1, 0.15) is 80.1 Å². The van der Waals surface area contributed by atoms with Gasteiger partial charge in [-0.25, -0.2) is 0 Å². The molecule has 3 rings (SSSR count). The summed E-state index contributed by atoms with van der Waals surface area (Å²) in [6.07, 6.45) is 13.1. The topological polar surface area (TPSA) is 115 Å². The molecule has 3 aliphatic rings. The predicted octanol–water partition coefficient (Wildman–Crippen LogP) is 3.92. The zero-order valence-electron chi connectivity index (χ0n) is 24.9. The van der Waals surface area contributed by atoms with Gasteiger partial charge in [0, 0.05) is 32.4 Å². The highest BCUT2D eigenvalue weighted by Crippen LogP contribution is 2.43. The van der Waals surface area contributed by atoms with Crippen LogP contribution in [0.2, 0.25) is 0 Å². The molecule has 3 heterocycles. The number of amides is 2. The molecule has 0 radical (unpaired) electrons. The van der Waals surface area contributed by atoms with Crippen LogP contribution in [0.25, 0.3) is 0 Å². The minimum absolute atomic E-state index is 0.0336. The minimum Gasteiger partial charge on any atom is -0.459 e. The molecule has 8 atom stereocenters. The van der Waals surface area contributed by atoms with E-state index >= 15 is 0 Å². The number of allylic oxidation sites excluding steroid dienone is 2. The van der Waals surface area contributed by atoms with Gasteiger partial charge in [0.15, 0.2) is 0 Å². The summed E-state index contributed by atoms with van der Waals surface area (Å²) in [5, 5.41) is 5.96. The van der Waals surface area contributed by atoms with E-state index in [2.05, 4.69) is 42.7 Å². The van der Waals surface area contributed by atoms with Gasteiger partial charge in [-0.2, -0.15) is 0 Å². The molecular weight excluding hydrogens is 512 g/mol. The monoisotopic (exact) mass is 560 g/mol. The Hall–Kier alpha value is -2.49. The average Bonchev–Trinajstić information content (AvgIpc) is 3.62. The Bertz CT molecular complexity index is 971. The maximum atomic E-state index is 12.4. The van der Waals surface area contributed by atoms with Crippen LogP contribution in [0.5, 0.6) is 0 Å². The molecule has 3 aliphatic heterocycles. The van der Waals surface area contributed by atoms with Gasteiger partial charge in [0.05, 0.1) is 49.1 Å². The van der Waals surface area contributed by atoms with E-state index in [-0.39, 0.29) is 59.8 Å². The van der Waals surface area contributed by atoms with Crippen molar-refractivity contribution in [3.8, 4) is 0 Å². The number of rotatable bonds is 12.